The van der Waals surface area contributed by atoms with Gasteiger partial charge in [0.1, 0.15) is 6.29 Å². The van der Waals surface area contributed by atoms with Crippen LogP contribution in [0.2, 0.25) is 10.0 Å². The molecule has 194 valence electrons. The van der Waals surface area contributed by atoms with E-state index in [4.69, 9.17) is 27.9 Å². The number of hydrogen-bond donors (Lipinski definition) is 1. The molecule has 36 heavy (non-hydrogen) atoms. The molecule has 0 unspecified atom stereocenters. The van der Waals surface area contributed by atoms with Crippen LogP contribution in [0.5, 0.6) is 0 Å². The van der Waals surface area contributed by atoms with Gasteiger partial charge in [-0.05, 0) is 62.6 Å². The summed E-state index contributed by atoms with van der Waals surface area (Å²) < 4.78 is 6.05. The summed E-state index contributed by atoms with van der Waals surface area (Å²) in [6, 6.07) is 13.6. The minimum atomic E-state index is -1.19. The van der Waals surface area contributed by atoms with E-state index in [1.54, 1.807) is 30.0 Å². The summed E-state index contributed by atoms with van der Waals surface area (Å²) in [4.78, 5) is 39.5. The smallest absolute Gasteiger partial charge is 0.304 e. The molecule has 4 atom stereocenters. The molecule has 1 aliphatic heterocycles. The van der Waals surface area contributed by atoms with Gasteiger partial charge >= 0.3 is 5.97 Å². The monoisotopic (exact) mass is 533 g/mol. The Balaban J connectivity index is 2.23. The Kier molecular flexibility index (Phi) is 8.86. The van der Waals surface area contributed by atoms with Crippen LogP contribution in [0.4, 0.5) is 0 Å². The topological polar surface area (TPSA) is 83.9 Å². The van der Waals surface area contributed by atoms with Crippen molar-refractivity contribution < 1.29 is 24.2 Å². The van der Waals surface area contributed by atoms with Crippen LogP contribution in [-0.4, -0.2) is 46.4 Å². The zero-order chi connectivity index (χ0) is 26.7. The van der Waals surface area contributed by atoms with Crippen LogP contribution < -0.4 is 0 Å². The first kappa shape index (κ1) is 28.2. The lowest BCUT2D eigenvalue weighted by atomic mass is 9.67. The highest BCUT2D eigenvalue weighted by atomic mass is 35.5. The number of hydrogen-bond acceptors (Lipinski definition) is 4. The number of carboxylic acid groups (broad SMARTS) is 1. The maximum atomic E-state index is 14.2. The van der Waals surface area contributed by atoms with Crippen LogP contribution >= 0.6 is 23.2 Å². The van der Waals surface area contributed by atoms with Crippen molar-refractivity contribution in [2.24, 2.45) is 5.41 Å². The highest BCUT2D eigenvalue weighted by Gasteiger charge is 2.52. The van der Waals surface area contributed by atoms with E-state index in [0.717, 1.165) is 17.4 Å². The Morgan fingerprint density at radius 1 is 1.17 bits per heavy atom. The first-order valence-corrected chi connectivity index (χ1v) is 12.7. The molecule has 1 heterocycles. The highest BCUT2D eigenvalue weighted by Crippen LogP contribution is 2.52. The standard InChI is InChI=1S/C28H33Cl2NO5/c1-27(2,3)36-17-22(12-13-32)31-25(18-8-10-20(29)11-9-18)23(19-6-5-7-21(30)14-19)15-28(4,26(31)35)16-24(33)34/h5-11,13-14,22-23,25H,12,15-17H2,1-4H3,(H,33,34)/t22-,23+,25+,28+/m0/s1. The lowest BCUT2D eigenvalue weighted by Crippen LogP contribution is -2.57. The minimum Gasteiger partial charge on any atom is -0.481 e. The largest absolute Gasteiger partial charge is 0.481 e. The van der Waals surface area contributed by atoms with Crippen LogP contribution in [-0.2, 0) is 19.1 Å². The third-order valence-corrected chi connectivity index (χ3v) is 7.09. The van der Waals surface area contributed by atoms with E-state index in [9.17, 15) is 19.5 Å². The van der Waals surface area contributed by atoms with Crippen molar-refractivity contribution in [3.05, 3.63) is 69.7 Å². The van der Waals surface area contributed by atoms with Gasteiger partial charge in [-0.1, -0.05) is 54.4 Å². The predicted octanol–water partition coefficient (Wildman–Crippen LogP) is 6.30. The summed E-state index contributed by atoms with van der Waals surface area (Å²) in [7, 11) is 0. The average molecular weight is 534 g/mol. The van der Waals surface area contributed by atoms with Crippen molar-refractivity contribution in [1.29, 1.82) is 0 Å². The number of carbonyl (C=O) groups is 3. The third kappa shape index (κ3) is 6.67. The van der Waals surface area contributed by atoms with Gasteiger partial charge in [0.05, 0.1) is 36.1 Å². The fraction of sp³-hybridized carbons (Fsp3) is 0.464. The van der Waals surface area contributed by atoms with Gasteiger partial charge in [0.15, 0.2) is 0 Å². The van der Waals surface area contributed by atoms with E-state index < -0.39 is 29.1 Å². The van der Waals surface area contributed by atoms with Gasteiger partial charge in [0.2, 0.25) is 5.91 Å². The van der Waals surface area contributed by atoms with Crippen molar-refractivity contribution in [3.63, 3.8) is 0 Å². The van der Waals surface area contributed by atoms with E-state index in [0.29, 0.717) is 16.5 Å². The zero-order valence-electron chi connectivity index (χ0n) is 21.0. The Labute approximate surface area is 222 Å². The average Bonchev–Trinajstić information content (AvgIpc) is 2.78. The molecule has 8 heteroatoms. The summed E-state index contributed by atoms with van der Waals surface area (Å²) in [5.41, 5.74) is 0.0387. The molecule has 0 radical (unpaired) electrons. The molecule has 1 N–H and O–H groups in total. The maximum absolute atomic E-state index is 14.2. The van der Waals surface area contributed by atoms with Crippen LogP contribution in [0.1, 0.15) is 70.0 Å². The molecule has 0 spiro atoms. The van der Waals surface area contributed by atoms with Gasteiger partial charge < -0.3 is 19.5 Å². The normalized spacial score (nSPS) is 23.4. The van der Waals surface area contributed by atoms with E-state index >= 15 is 0 Å². The number of aliphatic carboxylic acids is 1. The molecular formula is C28H33Cl2NO5. The Hall–Kier alpha value is -2.41. The summed E-state index contributed by atoms with van der Waals surface area (Å²) in [5, 5.41) is 10.8. The van der Waals surface area contributed by atoms with Crippen molar-refractivity contribution in [2.45, 2.75) is 70.6 Å². The van der Waals surface area contributed by atoms with E-state index in [2.05, 4.69) is 0 Å². The minimum absolute atomic E-state index is 0.0529. The second-order valence-electron chi connectivity index (χ2n) is 10.7. The lowest BCUT2D eigenvalue weighted by Gasteiger charge is -2.51. The fourth-order valence-corrected chi connectivity index (χ4v) is 5.32. The summed E-state index contributed by atoms with van der Waals surface area (Å²) in [6.45, 7) is 7.53. The SMILES string of the molecule is CC(C)(C)OC[C@H](CC=O)N1C(=O)[C@@](C)(CC(=O)O)C[C@H](c2cccc(Cl)c2)[C@H]1c1ccc(Cl)cc1. The van der Waals surface area contributed by atoms with Crippen LogP contribution in [0, 0.1) is 5.41 Å². The van der Waals surface area contributed by atoms with Gasteiger partial charge in [0.25, 0.3) is 0 Å². The van der Waals surface area contributed by atoms with E-state index in [1.807, 2.05) is 51.1 Å². The number of nitrogens with zero attached hydrogens (tertiary/aromatic N) is 1. The fourth-order valence-electron chi connectivity index (χ4n) is 5.00. The van der Waals surface area contributed by atoms with Crippen LogP contribution in [0.3, 0.4) is 0 Å². The molecule has 0 aromatic heterocycles. The predicted molar refractivity (Wildman–Crippen MR) is 140 cm³/mol. The van der Waals surface area contributed by atoms with Crippen LogP contribution in [0.25, 0.3) is 0 Å². The number of aldehydes is 1. The van der Waals surface area contributed by atoms with Gasteiger partial charge in [-0.25, -0.2) is 0 Å². The second-order valence-corrected chi connectivity index (χ2v) is 11.6. The number of likely N-dealkylation sites (tertiary alicyclic amines) is 1. The molecule has 0 saturated carbocycles. The van der Waals surface area contributed by atoms with Crippen molar-refractivity contribution in [2.75, 3.05) is 6.61 Å². The second kappa shape index (κ2) is 11.3. The molecule has 3 rings (SSSR count). The Morgan fingerprint density at radius 2 is 1.83 bits per heavy atom. The molecule has 0 bridgehead atoms. The third-order valence-electron chi connectivity index (χ3n) is 6.60. The number of benzene rings is 2. The van der Waals surface area contributed by atoms with Crippen LogP contribution in [0.15, 0.2) is 48.5 Å². The van der Waals surface area contributed by atoms with Gasteiger partial charge in [-0.3, -0.25) is 9.59 Å². The summed E-state index contributed by atoms with van der Waals surface area (Å²) in [5.74, 6) is -1.65. The molecule has 6 nitrogen and oxygen atoms in total. The summed E-state index contributed by atoms with van der Waals surface area (Å²) >= 11 is 12.5. The maximum Gasteiger partial charge on any atom is 0.304 e. The zero-order valence-corrected chi connectivity index (χ0v) is 22.6. The number of carboxylic acids is 1. The summed E-state index contributed by atoms with van der Waals surface area (Å²) in [6.07, 6.45) is 0.800. The first-order chi connectivity index (χ1) is 16.8. The number of rotatable bonds is 9. The number of carbonyl (C=O) groups excluding carboxylic acids is 2. The quantitative estimate of drug-likeness (QED) is 0.382. The van der Waals surface area contributed by atoms with Gasteiger partial charge in [-0.15, -0.1) is 0 Å². The molecular weight excluding hydrogens is 501 g/mol. The van der Waals surface area contributed by atoms with E-state index in [1.165, 1.54) is 0 Å². The van der Waals surface area contributed by atoms with E-state index in [-0.39, 0.29) is 31.3 Å². The lowest BCUT2D eigenvalue weighted by molar-refractivity contribution is -0.164. The molecule has 1 amide bonds. The van der Waals surface area contributed by atoms with Gasteiger partial charge in [-0.2, -0.15) is 0 Å². The Bertz CT molecular complexity index is 1100. The number of ether oxygens (including phenoxy) is 1. The highest BCUT2D eigenvalue weighted by molar-refractivity contribution is 6.30. The molecule has 1 aliphatic rings. The molecule has 2 aromatic carbocycles. The van der Waals surface area contributed by atoms with Crippen molar-refractivity contribution >= 4 is 41.4 Å². The number of piperidine rings is 1. The Morgan fingerprint density at radius 3 is 2.39 bits per heavy atom. The molecule has 0 aliphatic carbocycles. The molecule has 1 saturated heterocycles. The number of halogens is 2. The van der Waals surface area contributed by atoms with Gasteiger partial charge in [0, 0.05) is 22.4 Å². The number of amides is 1. The first-order valence-electron chi connectivity index (χ1n) is 12.0. The molecule has 1 fully saturated rings. The van der Waals surface area contributed by atoms with Crippen molar-refractivity contribution in [3.8, 4) is 0 Å². The van der Waals surface area contributed by atoms with Crippen molar-refractivity contribution in [1.82, 2.24) is 4.90 Å². The molecule has 2 aromatic rings.